The van der Waals surface area contributed by atoms with Gasteiger partial charge in [-0.2, -0.15) is 8.78 Å². The van der Waals surface area contributed by atoms with Gasteiger partial charge in [-0.3, -0.25) is 0 Å². The zero-order valence-electron chi connectivity index (χ0n) is 9.07. The van der Waals surface area contributed by atoms with Crippen molar-refractivity contribution in [3.63, 3.8) is 0 Å². The molecule has 94 valence electrons. The third-order valence-corrected chi connectivity index (χ3v) is 2.04. The lowest BCUT2D eigenvalue weighted by Crippen LogP contribution is -2.15. The highest BCUT2D eigenvalue weighted by atomic mass is 19.3. The van der Waals surface area contributed by atoms with E-state index in [2.05, 4.69) is 0 Å². The summed E-state index contributed by atoms with van der Waals surface area (Å²) in [5.74, 6) is -1.60. The van der Waals surface area contributed by atoms with Crippen molar-refractivity contribution in [2.24, 2.45) is 0 Å². The van der Waals surface area contributed by atoms with Crippen LogP contribution in [0, 0.1) is 0 Å². The number of ether oxygens (including phenoxy) is 1. The molecule has 0 bridgehead atoms. The summed E-state index contributed by atoms with van der Waals surface area (Å²) in [6, 6.07) is 9.16. The summed E-state index contributed by atoms with van der Waals surface area (Å²) < 4.78 is 41.0. The first kappa shape index (κ1) is 13.7. The fourth-order valence-corrected chi connectivity index (χ4v) is 1.23. The van der Waals surface area contributed by atoms with Crippen LogP contribution in [-0.2, 0) is 11.3 Å². The second-order valence-corrected chi connectivity index (χ2v) is 3.52. The third-order valence-electron chi connectivity index (χ3n) is 2.04. The Morgan fingerprint density at radius 1 is 1.18 bits per heavy atom. The van der Waals surface area contributed by atoms with E-state index in [0.717, 1.165) is 5.56 Å². The Kier molecular flexibility index (Phi) is 5.72. The average molecular weight is 246 g/mol. The SMILES string of the molecule is O[C@@H](COCc1ccccc1)CC(F)=C(F)F. The molecule has 0 aromatic heterocycles. The van der Waals surface area contributed by atoms with Crippen molar-refractivity contribution in [2.75, 3.05) is 6.61 Å². The first-order valence-electron chi connectivity index (χ1n) is 5.09. The zero-order valence-corrected chi connectivity index (χ0v) is 9.07. The van der Waals surface area contributed by atoms with Gasteiger partial charge in [0.2, 0.25) is 0 Å². The number of hydrogen-bond donors (Lipinski definition) is 1. The van der Waals surface area contributed by atoms with Crippen LogP contribution in [0.25, 0.3) is 0 Å². The second-order valence-electron chi connectivity index (χ2n) is 3.52. The van der Waals surface area contributed by atoms with Gasteiger partial charge in [-0.1, -0.05) is 30.3 Å². The van der Waals surface area contributed by atoms with Crippen LogP contribution in [0.2, 0.25) is 0 Å². The van der Waals surface area contributed by atoms with Gasteiger partial charge >= 0.3 is 6.08 Å². The van der Waals surface area contributed by atoms with E-state index in [1.807, 2.05) is 30.3 Å². The molecule has 17 heavy (non-hydrogen) atoms. The molecule has 0 aliphatic rings. The van der Waals surface area contributed by atoms with E-state index in [-0.39, 0.29) is 13.2 Å². The minimum atomic E-state index is -2.40. The molecular weight excluding hydrogens is 233 g/mol. The monoisotopic (exact) mass is 246 g/mol. The van der Waals surface area contributed by atoms with E-state index >= 15 is 0 Å². The lowest BCUT2D eigenvalue weighted by molar-refractivity contribution is 0.0256. The molecule has 1 aromatic rings. The maximum absolute atomic E-state index is 12.4. The maximum atomic E-state index is 12.4. The third kappa shape index (κ3) is 5.51. The van der Waals surface area contributed by atoms with Gasteiger partial charge in [-0.25, -0.2) is 4.39 Å². The molecule has 5 heteroatoms. The minimum Gasteiger partial charge on any atom is -0.390 e. The molecule has 0 saturated heterocycles. The molecule has 0 spiro atoms. The van der Waals surface area contributed by atoms with Crippen molar-refractivity contribution in [1.29, 1.82) is 0 Å². The topological polar surface area (TPSA) is 29.5 Å². The molecule has 0 fully saturated rings. The van der Waals surface area contributed by atoms with Crippen LogP contribution in [-0.4, -0.2) is 17.8 Å². The van der Waals surface area contributed by atoms with Crippen molar-refractivity contribution in [2.45, 2.75) is 19.1 Å². The molecular formula is C12H13F3O2. The molecule has 0 amide bonds. The predicted molar refractivity (Wildman–Crippen MR) is 57.1 cm³/mol. The molecule has 1 rings (SSSR count). The molecule has 1 aromatic carbocycles. The van der Waals surface area contributed by atoms with Crippen LogP contribution in [0.5, 0.6) is 0 Å². The quantitative estimate of drug-likeness (QED) is 0.836. The Morgan fingerprint density at radius 3 is 2.41 bits per heavy atom. The molecule has 1 N–H and O–H groups in total. The van der Waals surface area contributed by atoms with E-state index in [1.54, 1.807) is 0 Å². The number of aliphatic hydroxyl groups excluding tert-OH is 1. The molecule has 0 aliphatic heterocycles. The Labute approximate surface area is 97.3 Å². The van der Waals surface area contributed by atoms with Crippen molar-refractivity contribution in [3.05, 3.63) is 47.8 Å². The standard InChI is InChI=1S/C12H13F3O2/c13-11(12(14)15)6-10(16)8-17-7-9-4-2-1-3-5-9/h1-5,10,16H,6-8H2/t10-/m1/s1. The number of hydrogen-bond acceptors (Lipinski definition) is 2. The van der Waals surface area contributed by atoms with E-state index in [1.165, 1.54) is 0 Å². The smallest absolute Gasteiger partial charge is 0.301 e. The normalized spacial score (nSPS) is 12.2. The van der Waals surface area contributed by atoms with Crippen molar-refractivity contribution in [1.82, 2.24) is 0 Å². The predicted octanol–water partition coefficient (Wildman–Crippen LogP) is 3.03. The Bertz CT molecular complexity index is 361. The fourth-order valence-electron chi connectivity index (χ4n) is 1.23. The van der Waals surface area contributed by atoms with Crippen LogP contribution < -0.4 is 0 Å². The zero-order chi connectivity index (χ0) is 12.7. The van der Waals surface area contributed by atoms with Gasteiger partial charge in [0.15, 0.2) is 5.83 Å². The van der Waals surface area contributed by atoms with Crippen LogP contribution in [0.1, 0.15) is 12.0 Å². The fraction of sp³-hybridized carbons (Fsp3) is 0.333. The summed E-state index contributed by atoms with van der Waals surface area (Å²) >= 11 is 0. The number of rotatable bonds is 6. The van der Waals surface area contributed by atoms with Crippen molar-refractivity contribution >= 4 is 0 Å². The van der Waals surface area contributed by atoms with E-state index < -0.39 is 24.4 Å². The molecule has 0 aliphatic carbocycles. The van der Waals surface area contributed by atoms with Crippen LogP contribution in [0.15, 0.2) is 42.2 Å². The van der Waals surface area contributed by atoms with Gasteiger partial charge in [0, 0.05) is 6.42 Å². The van der Waals surface area contributed by atoms with E-state index in [4.69, 9.17) is 4.74 Å². The van der Waals surface area contributed by atoms with Crippen molar-refractivity contribution < 1.29 is 23.0 Å². The summed E-state index contributed by atoms with van der Waals surface area (Å²) in [6.45, 7) is 0.0664. The summed E-state index contributed by atoms with van der Waals surface area (Å²) in [4.78, 5) is 0. The first-order chi connectivity index (χ1) is 8.09. The first-order valence-corrected chi connectivity index (χ1v) is 5.09. The van der Waals surface area contributed by atoms with Gasteiger partial charge < -0.3 is 9.84 Å². The number of halogens is 3. The van der Waals surface area contributed by atoms with Crippen molar-refractivity contribution in [3.8, 4) is 0 Å². The minimum absolute atomic E-state index is 0.185. The Hall–Kier alpha value is -1.33. The van der Waals surface area contributed by atoms with Gasteiger partial charge in [-0.05, 0) is 5.56 Å². The largest absolute Gasteiger partial charge is 0.390 e. The van der Waals surface area contributed by atoms with E-state index in [9.17, 15) is 18.3 Å². The summed E-state index contributed by atoms with van der Waals surface area (Å²) in [5.41, 5.74) is 0.896. The second kappa shape index (κ2) is 7.09. The van der Waals surface area contributed by atoms with Crippen LogP contribution in [0.4, 0.5) is 13.2 Å². The maximum Gasteiger partial charge on any atom is 0.301 e. The Morgan fingerprint density at radius 2 is 1.82 bits per heavy atom. The molecule has 0 heterocycles. The molecule has 0 radical (unpaired) electrons. The van der Waals surface area contributed by atoms with Gasteiger partial charge in [0.25, 0.3) is 0 Å². The van der Waals surface area contributed by atoms with Crippen LogP contribution >= 0.6 is 0 Å². The Balaban J connectivity index is 2.25. The highest BCUT2D eigenvalue weighted by Crippen LogP contribution is 2.15. The highest BCUT2D eigenvalue weighted by Gasteiger charge is 2.12. The van der Waals surface area contributed by atoms with E-state index in [0.29, 0.717) is 0 Å². The average Bonchev–Trinajstić information content (AvgIpc) is 2.30. The highest BCUT2D eigenvalue weighted by molar-refractivity contribution is 5.13. The van der Waals surface area contributed by atoms with Gasteiger partial charge in [0.1, 0.15) is 0 Å². The molecule has 1 atom stereocenters. The molecule has 0 unspecified atom stereocenters. The summed E-state index contributed by atoms with van der Waals surface area (Å²) in [6.07, 6.45) is -4.38. The number of aliphatic hydroxyl groups is 1. The lowest BCUT2D eigenvalue weighted by atomic mass is 10.2. The van der Waals surface area contributed by atoms with Gasteiger partial charge in [-0.15, -0.1) is 0 Å². The molecule has 2 nitrogen and oxygen atoms in total. The molecule has 0 saturated carbocycles. The van der Waals surface area contributed by atoms with Gasteiger partial charge in [0.05, 0.1) is 19.3 Å². The summed E-state index contributed by atoms with van der Waals surface area (Å²) in [7, 11) is 0. The van der Waals surface area contributed by atoms with Crippen LogP contribution in [0.3, 0.4) is 0 Å². The summed E-state index contributed by atoms with van der Waals surface area (Å²) in [5, 5.41) is 9.21. The number of benzene rings is 1. The lowest BCUT2D eigenvalue weighted by Gasteiger charge is -2.09.